The summed E-state index contributed by atoms with van der Waals surface area (Å²) >= 11 is 1.06. The molecule has 8 heteroatoms. The van der Waals surface area contributed by atoms with Gasteiger partial charge in [0.15, 0.2) is 0 Å². The van der Waals surface area contributed by atoms with Gasteiger partial charge < -0.3 is 9.73 Å². The summed E-state index contributed by atoms with van der Waals surface area (Å²) in [6, 6.07) is 12.8. The smallest absolute Gasteiger partial charge is 0.277 e. The van der Waals surface area contributed by atoms with Gasteiger partial charge in [-0.15, -0.1) is 10.2 Å². The molecule has 1 N–H and O–H groups in total. The zero-order chi connectivity index (χ0) is 19.2. The molecule has 1 unspecified atom stereocenters. The second-order valence-electron chi connectivity index (χ2n) is 5.97. The number of carbonyl (C=O) groups excluding carboxylic acids is 1. The number of nitrogens with zero attached hydrogens (tertiary/aromatic N) is 2. The monoisotopic (exact) mass is 389 g/mol. The predicted molar refractivity (Wildman–Crippen MR) is 98.6 cm³/mol. The molecule has 0 bridgehead atoms. The number of rotatable bonds is 7. The van der Waals surface area contributed by atoms with Gasteiger partial charge in [0.1, 0.15) is 11.6 Å². The van der Waals surface area contributed by atoms with E-state index in [0.29, 0.717) is 12.3 Å². The van der Waals surface area contributed by atoms with Crippen LogP contribution in [0.25, 0.3) is 0 Å². The van der Waals surface area contributed by atoms with E-state index >= 15 is 0 Å². The summed E-state index contributed by atoms with van der Waals surface area (Å²) in [5, 5.41) is 10.6. The Morgan fingerprint density at radius 3 is 2.56 bits per heavy atom. The Morgan fingerprint density at radius 2 is 1.85 bits per heavy atom. The Labute approximate surface area is 159 Å². The zero-order valence-electron chi connectivity index (χ0n) is 14.5. The summed E-state index contributed by atoms with van der Waals surface area (Å²) in [7, 11) is 0. The van der Waals surface area contributed by atoms with Crippen LogP contribution in [0.1, 0.15) is 24.3 Å². The standard InChI is InChI=1S/C19H17F2N3O2S/c1-12(13-5-3-2-4-6-13)7-18-23-24-19(26-18)27-11-17(25)22-16-9-14(20)8-15(21)10-16/h2-6,8-10,12H,7,11H2,1H3,(H,22,25). The van der Waals surface area contributed by atoms with Gasteiger partial charge >= 0.3 is 0 Å². The highest BCUT2D eigenvalue weighted by Gasteiger charge is 2.14. The summed E-state index contributed by atoms with van der Waals surface area (Å²) in [5.41, 5.74) is 1.23. The molecule has 0 saturated heterocycles. The Balaban J connectivity index is 1.51. The molecule has 0 aliphatic heterocycles. The molecule has 0 fully saturated rings. The molecular weight excluding hydrogens is 372 g/mol. The van der Waals surface area contributed by atoms with Crippen molar-refractivity contribution in [1.29, 1.82) is 0 Å². The average Bonchev–Trinajstić information content (AvgIpc) is 3.07. The largest absolute Gasteiger partial charge is 0.416 e. The van der Waals surface area contributed by atoms with Crippen molar-refractivity contribution in [3.63, 3.8) is 0 Å². The highest BCUT2D eigenvalue weighted by molar-refractivity contribution is 7.99. The maximum atomic E-state index is 13.1. The molecule has 0 radical (unpaired) electrons. The fourth-order valence-electron chi connectivity index (χ4n) is 2.49. The lowest BCUT2D eigenvalue weighted by Crippen LogP contribution is -2.14. The Bertz CT molecular complexity index is 898. The molecule has 1 atom stereocenters. The lowest BCUT2D eigenvalue weighted by molar-refractivity contribution is -0.113. The molecule has 0 aliphatic rings. The molecule has 0 spiro atoms. The van der Waals surface area contributed by atoms with E-state index in [0.717, 1.165) is 30.0 Å². The Morgan fingerprint density at radius 1 is 1.15 bits per heavy atom. The Kier molecular flexibility index (Phi) is 6.18. The van der Waals surface area contributed by atoms with E-state index in [1.165, 1.54) is 5.56 Å². The van der Waals surface area contributed by atoms with Crippen molar-refractivity contribution in [2.45, 2.75) is 24.5 Å². The maximum Gasteiger partial charge on any atom is 0.277 e. The van der Waals surface area contributed by atoms with Crippen LogP contribution < -0.4 is 5.32 Å². The van der Waals surface area contributed by atoms with Crippen LogP contribution in [0.2, 0.25) is 0 Å². The number of carbonyl (C=O) groups is 1. The molecule has 2 aromatic carbocycles. The van der Waals surface area contributed by atoms with Crippen molar-refractivity contribution in [2.75, 3.05) is 11.1 Å². The fourth-order valence-corrected chi connectivity index (χ4v) is 3.07. The number of halogens is 2. The summed E-state index contributed by atoms with van der Waals surface area (Å²) in [5.74, 6) is -1.26. The highest BCUT2D eigenvalue weighted by Crippen LogP contribution is 2.22. The van der Waals surface area contributed by atoms with Gasteiger partial charge in [-0.3, -0.25) is 4.79 Å². The van der Waals surface area contributed by atoms with Crippen LogP contribution in [0.5, 0.6) is 0 Å². The first-order chi connectivity index (χ1) is 13.0. The topological polar surface area (TPSA) is 68.0 Å². The van der Waals surface area contributed by atoms with Gasteiger partial charge in [0.2, 0.25) is 11.8 Å². The molecule has 0 saturated carbocycles. The quantitative estimate of drug-likeness (QED) is 0.606. The van der Waals surface area contributed by atoms with Gasteiger partial charge in [0, 0.05) is 18.2 Å². The average molecular weight is 389 g/mol. The summed E-state index contributed by atoms with van der Waals surface area (Å²) < 4.78 is 31.8. The van der Waals surface area contributed by atoms with Gasteiger partial charge in [-0.2, -0.15) is 0 Å². The van der Waals surface area contributed by atoms with Gasteiger partial charge in [-0.25, -0.2) is 8.78 Å². The fraction of sp³-hybridized carbons (Fsp3) is 0.211. The number of nitrogens with one attached hydrogen (secondary N) is 1. The first-order valence-electron chi connectivity index (χ1n) is 8.25. The van der Waals surface area contributed by atoms with Crippen LogP contribution in [0.3, 0.4) is 0 Å². The summed E-state index contributed by atoms with van der Waals surface area (Å²) in [6.45, 7) is 2.07. The molecular formula is C19H17F2N3O2S. The van der Waals surface area contributed by atoms with Gasteiger partial charge in [0.05, 0.1) is 5.75 Å². The number of aromatic nitrogens is 2. The number of amides is 1. The minimum Gasteiger partial charge on any atom is -0.416 e. The third-order valence-electron chi connectivity index (χ3n) is 3.77. The van der Waals surface area contributed by atoms with Crippen molar-refractivity contribution < 1.29 is 18.0 Å². The van der Waals surface area contributed by atoms with Crippen LogP contribution in [-0.2, 0) is 11.2 Å². The summed E-state index contributed by atoms with van der Waals surface area (Å²) in [4.78, 5) is 11.9. The molecule has 3 rings (SSSR count). The zero-order valence-corrected chi connectivity index (χ0v) is 15.3. The van der Waals surface area contributed by atoms with Crippen LogP contribution in [0.15, 0.2) is 58.2 Å². The normalized spacial score (nSPS) is 12.0. The molecule has 140 valence electrons. The predicted octanol–water partition coefficient (Wildman–Crippen LogP) is 4.42. The van der Waals surface area contributed by atoms with Gasteiger partial charge in [0.25, 0.3) is 5.22 Å². The second-order valence-corrected chi connectivity index (χ2v) is 6.90. The van der Waals surface area contributed by atoms with Gasteiger partial charge in [-0.05, 0) is 23.6 Å². The lowest BCUT2D eigenvalue weighted by atomic mass is 9.98. The number of benzene rings is 2. The molecule has 5 nitrogen and oxygen atoms in total. The number of hydrogen-bond acceptors (Lipinski definition) is 5. The molecule has 1 aromatic heterocycles. The lowest BCUT2D eigenvalue weighted by Gasteiger charge is -2.08. The number of anilines is 1. The Hall–Kier alpha value is -2.74. The third-order valence-corrected chi connectivity index (χ3v) is 4.59. The van der Waals surface area contributed by atoms with Crippen molar-refractivity contribution in [2.24, 2.45) is 0 Å². The minimum atomic E-state index is -0.757. The molecule has 1 heterocycles. The SMILES string of the molecule is CC(Cc1nnc(SCC(=O)Nc2cc(F)cc(F)c2)o1)c1ccccc1. The molecule has 3 aromatic rings. The first kappa shape index (κ1) is 19.0. The second kappa shape index (κ2) is 8.77. The van der Waals surface area contributed by atoms with Crippen LogP contribution in [0.4, 0.5) is 14.5 Å². The van der Waals surface area contributed by atoms with E-state index < -0.39 is 17.5 Å². The van der Waals surface area contributed by atoms with Crippen molar-refractivity contribution in [3.05, 3.63) is 71.6 Å². The maximum absolute atomic E-state index is 13.1. The summed E-state index contributed by atoms with van der Waals surface area (Å²) in [6.07, 6.45) is 0.590. The van der Waals surface area contributed by atoms with E-state index in [1.54, 1.807) is 0 Å². The highest BCUT2D eigenvalue weighted by atomic mass is 32.2. The van der Waals surface area contributed by atoms with E-state index in [-0.39, 0.29) is 22.6 Å². The molecule has 27 heavy (non-hydrogen) atoms. The third kappa shape index (κ3) is 5.62. The van der Waals surface area contributed by atoms with Crippen molar-refractivity contribution >= 4 is 23.4 Å². The van der Waals surface area contributed by atoms with Crippen LogP contribution in [0, 0.1) is 11.6 Å². The van der Waals surface area contributed by atoms with Crippen molar-refractivity contribution in [1.82, 2.24) is 10.2 Å². The van der Waals surface area contributed by atoms with Crippen LogP contribution in [-0.4, -0.2) is 21.9 Å². The van der Waals surface area contributed by atoms with E-state index in [1.807, 2.05) is 30.3 Å². The van der Waals surface area contributed by atoms with Crippen molar-refractivity contribution in [3.8, 4) is 0 Å². The van der Waals surface area contributed by atoms with E-state index in [4.69, 9.17) is 4.42 Å². The van der Waals surface area contributed by atoms with Gasteiger partial charge in [-0.1, -0.05) is 49.0 Å². The first-order valence-corrected chi connectivity index (χ1v) is 9.24. The van der Waals surface area contributed by atoms with Crippen LogP contribution >= 0.6 is 11.8 Å². The number of thioether (sulfide) groups is 1. The minimum absolute atomic E-state index is 0.0198. The van der Waals surface area contributed by atoms with E-state index in [2.05, 4.69) is 22.4 Å². The number of hydrogen-bond donors (Lipinski definition) is 1. The van der Waals surface area contributed by atoms with E-state index in [9.17, 15) is 13.6 Å². The molecule has 1 amide bonds. The molecule has 0 aliphatic carbocycles.